The number of fused-ring (bicyclic) bond motifs is 1. The number of likely N-dealkylation sites (N-methyl/N-ethyl adjacent to an activating group) is 1. The fourth-order valence-corrected chi connectivity index (χ4v) is 5.59. The fraction of sp³-hybridized carbons (Fsp3) is 0.559. The maximum Gasteiger partial charge on any atom is 0.276 e. The van der Waals surface area contributed by atoms with Crippen molar-refractivity contribution in [3.63, 3.8) is 0 Å². The predicted octanol–water partition coefficient (Wildman–Crippen LogP) is 4.89. The lowest BCUT2D eigenvalue weighted by Crippen LogP contribution is -2.50. The monoisotopic (exact) mass is 577 g/mol. The molecule has 42 heavy (non-hydrogen) atoms. The first-order valence-corrected chi connectivity index (χ1v) is 15.3. The van der Waals surface area contributed by atoms with Gasteiger partial charge in [0.1, 0.15) is 5.76 Å². The number of allylic oxidation sites excluding steroid dienone is 4. The Bertz CT molecular complexity index is 1280. The van der Waals surface area contributed by atoms with Gasteiger partial charge in [0.25, 0.3) is 5.91 Å². The van der Waals surface area contributed by atoms with Gasteiger partial charge in [0.05, 0.1) is 0 Å². The van der Waals surface area contributed by atoms with Crippen LogP contribution in [-0.2, 0) is 15.0 Å². The zero-order valence-corrected chi connectivity index (χ0v) is 26.5. The van der Waals surface area contributed by atoms with E-state index in [1.54, 1.807) is 0 Å². The van der Waals surface area contributed by atoms with E-state index in [0.29, 0.717) is 25.2 Å². The summed E-state index contributed by atoms with van der Waals surface area (Å²) in [5.41, 5.74) is 5.05. The summed E-state index contributed by atoms with van der Waals surface area (Å²) in [6.45, 7) is 15.0. The van der Waals surface area contributed by atoms with E-state index in [9.17, 15) is 14.7 Å². The van der Waals surface area contributed by atoms with Crippen LogP contribution < -0.4 is 5.32 Å². The van der Waals surface area contributed by atoms with E-state index in [1.807, 2.05) is 43.0 Å². The van der Waals surface area contributed by atoms with Crippen LogP contribution in [0.4, 0.5) is 0 Å². The normalized spacial score (nSPS) is 21.8. The molecule has 2 aliphatic carbocycles. The highest BCUT2D eigenvalue weighted by Gasteiger charge is 2.44. The summed E-state index contributed by atoms with van der Waals surface area (Å²) in [4.78, 5) is 37.0. The van der Waals surface area contributed by atoms with E-state index >= 15 is 0 Å². The Balaban J connectivity index is 0.00000506. The number of carbonyl (C=O) groups excluding carboxylic acids is 2. The van der Waals surface area contributed by atoms with E-state index in [4.69, 9.17) is 4.99 Å². The standard InChI is InChI=1S/C34H49N5O3.H2/c1-8-31(41)36-29-14-11-25(27-22-28(27)29)21-30(40)32(33(42)39-19-17-38(18-20-39)16-15-37(6)7)35-23(2)24-9-12-26(13-10-24)34(3,4)5;/h9-14,27-28,40H,8,15-22H2,1-7H3,(H,36,41);1H/b32-30-,35-23?;. The molecule has 2 atom stereocenters. The zero-order valence-electron chi connectivity index (χ0n) is 26.5. The highest BCUT2D eigenvalue weighted by molar-refractivity contribution is 6.03. The quantitative estimate of drug-likeness (QED) is 0.235. The molecule has 2 N–H and O–H groups in total. The number of amides is 2. The first kappa shape index (κ1) is 31.7. The smallest absolute Gasteiger partial charge is 0.276 e. The van der Waals surface area contributed by atoms with Crippen molar-refractivity contribution in [2.75, 3.05) is 53.4 Å². The Morgan fingerprint density at radius 1 is 1.07 bits per heavy atom. The predicted molar refractivity (Wildman–Crippen MR) is 172 cm³/mol. The number of aliphatic hydroxyl groups excluding tert-OH is 1. The second kappa shape index (κ2) is 13.4. The lowest BCUT2D eigenvalue weighted by atomic mass is 9.86. The van der Waals surface area contributed by atoms with E-state index in [1.165, 1.54) is 5.56 Å². The van der Waals surface area contributed by atoms with Crippen molar-refractivity contribution in [2.45, 2.75) is 59.3 Å². The molecule has 1 aromatic carbocycles. The van der Waals surface area contributed by atoms with Gasteiger partial charge in [-0.1, -0.05) is 63.6 Å². The van der Waals surface area contributed by atoms with Gasteiger partial charge in [-0.05, 0) is 56.0 Å². The van der Waals surface area contributed by atoms with Gasteiger partial charge in [-0.25, -0.2) is 4.99 Å². The van der Waals surface area contributed by atoms with Crippen molar-refractivity contribution < 1.29 is 16.1 Å². The van der Waals surface area contributed by atoms with Crippen molar-refractivity contribution >= 4 is 17.5 Å². The van der Waals surface area contributed by atoms with Gasteiger partial charge in [-0.15, -0.1) is 0 Å². The molecule has 2 unspecified atom stereocenters. The third-order valence-electron chi connectivity index (χ3n) is 8.57. The maximum absolute atomic E-state index is 13.9. The Morgan fingerprint density at radius 3 is 2.33 bits per heavy atom. The molecule has 1 aliphatic heterocycles. The van der Waals surface area contributed by atoms with Crippen LogP contribution in [0.2, 0.25) is 0 Å². The summed E-state index contributed by atoms with van der Waals surface area (Å²) in [7, 11) is 4.14. The number of piperazine rings is 1. The minimum absolute atomic E-state index is 0. The molecule has 8 heteroatoms. The van der Waals surface area contributed by atoms with Gasteiger partial charge >= 0.3 is 0 Å². The Labute approximate surface area is 253 Å². The number of rotatable bonds is 10. The zero-order chi connectivity index (χ0) is 30.6. The molecule has 1 saturated heterocycles. The number of nitrogens with one attached hydrogen (secondary N) is 1. The lowest BCUT2D eigenvalue weighted by Gasteiger charge is -2.35. The number of aliphatic imine (C=N–C) groups is 1. The number of hydrogen-bond donors (Lipinski definition) is 2. The van der Waals surface area contributed by atoms with E-state index < -0.39 is 0 Å². The van der Waals surface area contributed by atoms with Crippen LogP contribution in [0.1, 0.15) is 66.4 Å². The Morgan fingerprint density at radius 2 is 1.74 bits per heavy atom. The van der Waals surface area contributed by atoms with Crippen molar-refractivity contribution in [1.82, 2.24) is 20.0 Å². The summed E-state index contributed by atoms with van der Waals surface area (Å²) in [6.07, 6.45) is 5.60. The number of benzene rings is 1. The molecule has 0 spiro atoms. The Kier molecular flexibility index (Phi) is 10.1. The van der Waals surface area contributed by atoms with Crippen LogP contribution in [0, 0.1) is 11.8 Å². The summed E-state index contributed by atoms with van der Waals surface area (Å²) < 4.78 is 0. The largest absolute Gasteiger partial charge is 0.510 e. The highest BCUT2D eigenvalue weighted by Crippen LogP contribution is 2.52. The van der Waals surface area contributed by atoms with E-state index in [2.05, 4.69) is 62.1 Å². The third kappa shape index (κ3) is 7.98. The van der Waals surface area contributed by atoms with Crippen LogP contribution in [0.3, 0.4) is 0 Å². The molecule has 1 saturated carbocycles. The topological polar surface area (TPSA) is 88.5 Å². The average molecular weight is 578 g/mol. The van der Waals surface area contributed by atoms with Gasteiger partial charge in [0.15, 0.2) is 5.70 Å². The molecule has 3 aliphatic rings. The summed E-state index contributed by atoms with van der Waals surface area (Å²) >= 11 is 0. The van der Waals surface area contributed by atoms with Crippen LogP contribution >= 0.6 is 0 Å². The molecular weight excluding hydrogens is 526 g/mol. The van der Waals surface area contributed by atoms with Crippen LogP contribution in [0.15, 0.2) is 64.1 Å². The summed E-state index contributed by atoms with van der Waals surface area (Å²) in [5, 5.41) is 14.5. The average Bonchev–Trinajstić information content (AvgIpc) is 3.77. The second-order valence-corrected chi connectivity index (χ2v) is 13.1. The fourth-order valence-electron chi connectivity index (χ4n) is 5.59. The van der Waals surface area contributed by atoms with Crippen molar-refractivity contribution in [2.24, 2.45) is 16.8 Å². The third-order valence-corrected chi connectivity index (χ3v) is 8.57. The Hall–Kier alpha value is -3.23. The molecule has 0 radical (unpaired) electrons. The second-order valence-electron chi connectivity index (χ2n) is 13.1. The molecule has 1 heterocycles. The van der Waals surface area contributed by atoms with Gasteiger partial charge in [0.2, 0.25) is 5.91 Å². The first-order chi connectivity index (χ1) is 19.9. The molecule has 0 aromatic heterocycles. The molecule has 1 aromatic rings. The molecule has 8 nitrogen and oxygen atoms in total. The molecule has 230 valence electrons. The van der Waals surface area contributed by atoms with E-state index in [0.717, 1.165) is 49.4 Å². The van der Waals surface area contributed by atoms with Crippen LogP contribution in [-0.4, -0.2) is 90.7 Å². The summed E-state index contributed by atoms with van der Waals surface area (Å²) in [6, 6.07) is 8.29. The van der Waals surface area contributed by atoms with E-state index in [-0.39, 0.29) is 48.4 Å². The van der Waals surface area contributed by atoms with Gasteiger partial charge < -0.3 is 20.2 Å². The van der Waals surface area contributed by atoms with Crippen molar-refractivity contribution in [3.8, 4) is 0 Å². The number of hydrogen-bond acceptors (Lipinski definition) is 6. The minimum atomic E-state index is -0.222. The molecule has 0 bridgehead atoms. The number of aliphatic hydroxyl groups is 1. The molecular formula is C34H51N5O3. The summed E-state index contributed by atoms with van der Waals surface area (Å²) in [5.74, 6) is 0.347. The van der Waals surface area contributed by atoms with Crippen molar-refractivity contribution in [3.05, 3.63) is 70.3 Å². The number of carbonyl (C=O) groups is 2. The van der Waals surface area contributed by atoms with Crippen LogP contribution in [0.5, 0.6) is 0 Å². The molecule has 2 fully saturated rings. The molecule has 4 rings (SSSR count). The van der Waals surface area contributed by atoms with Gasteiger partial charge in [0, 0.05) is 70.9 Å². The van der Waals surface area contributed by atoms with Crippen molar-refractivity contribution in [1.29, 1.82) is 0 Å². The van der Waals surface area contributed by atoms with Gasteiger partial charge in [-0.3, -0.25) is 14.5 Å². The number of nitrogens with zero attached hydrogens (tertiary/aromatic N) is 4. The van der Waals surface area contributed by atoms with Crippen LogP contribution in [0.25, 0.3) is 0 Å². The first-order valence-electron chi connectivity index (χ1n) is 15.3. The maximum atomic E-state index is 13.9. The molecule has 2 amide bonds. The minimum Gasteiger partial charge on any atom is -0.510 e. The van der Waals surface area contributed by atoms with Gasteiger partial charge in [-0.2, -0.15) is 0 Å². The highest BCUT2D eigenvalue weighted by atomic mass is 16.3. The SMILES string of the molecule is CCC(=O)NC1=CC=C(C/C(O)=C(/N=C(C)c2ccc(C(C)(C)C)cc2)C(=O)N2CCN(CCN(C)C)CC2)C2CC12.[HH]. The lowest BCUT2D eigenvalue weighted by molar-refractivity contribution is -0.129.